The van der Waals surface area contributed by atoms with Gasteiger partial charge in [0.05, 0.1) is 5.69 Å². The first kappa shape index (κ1) is 14.3. The van der Waals surface area contributed by atoms with Crippen LogP contribution in [0.2, 0.25) is 0 Å². The Bertz CT molecular complexity index is 636. The third-order valence-corrected chi connectivity index (χ3v) is 2.90. The van der Waals surface area contributed by atoms with Gasteiger partial charge < -0.3 is 5.32 Å². The molecule has 3 nitrogen and oxygen atoms in total. The van der Waals surface area contributed by atoms with Crippen molar-refractivity contribution < 1.29 is 13.2 Å². The van der Waals surface area contributed by atoms with Gasteiger partial charge in [-0.1, -0.05) is 17.7 Å². The first-order chi connectivity index (χ1) is 9.31. The number of anilines is 1. The number of aromatic nitrogens is 2. The Morgan fingerprint density at radius 2 is 1.75 bits per heavy atom. The Hall–Kier alpha value is -2.11. The van der Waals surface area contributed by atoms with E-state index in [1.807, 2.05) is 32.0 Å². The minimum atomic E-state index is -4.57. The Kier molecular flexibility index (Phi) is 3.65. The van der Waals surface area contributed by atoms with E-state index in [1.165, 1.54) is 13.1 Å². The van der Waals surface area contributed by atoms with E-state index < -0.39 is 12.0 Å². The van der Waals surface area contributed by atoms with Gasteiger partial charge >= 0.3 is 6.18 Å². The fraction of sp³-hybridized carbons (Fsp3) is 0.286. The van der Waals surface area contributed by atoms with E-state index >= 15 is 0 Å². The van der Waals surface area contributed by atoms with Gasteiger partial charge in [0.2, 0.25) is 5.82 Å². The van der Waals surface area contributed by atoms with Crippen LogP contribution in [0, 0.1) is 13.8 Å². The highest BCUT2D eigenvalue weighted by Gasteiger charge is 2.35. The summed E-state index contributed by atoms with van der Waals surface area (Å²) in [4.78, 5) is 7.10. The molecule has 0 atom stereocenters. The minimum Gasteiger partial charge on any atom is -0.373 e. The zero-order chi connectivity index (χ0) is 14.9. The van der Waals surface area contributed by atoms with Gasteiger partial charge in [-0.05, 0) is 25.5 Å². The molecule has 1 heterocycles. The first-order valence-corrected chi connectivity index (χ1v) is 6.03. The molecule has 0 spiro atoms. The maximum absolute atomic E-state index is 12.8. The molecule has 0 radical (unpaired) electrons. The smallest absolute Gasteiger partial charge is 0.373 e. The lowest BCUT2D eigenvalue weighted by Crippen LogP contribution is -2.13. The maximum atomic E-state index is 12.8. The number of hydrogen-bond acceptors (Lipinski definition) is 3. The van der Waals surface area contributed by atoms with Gasteiger partial charge in [0.25, 0.3) is 0 Å². The number of rotatable bonds is 2. The number of nitrogens with zero attached hydrogens (tertiary/aromatic N) is 2. The molecule has 1 aromatic carbocycles. The molecule has 0 unspecified atom stereocenters. The second kappa shape index (κ2) is 5.11. The number of benzene rings is 1. The summed E-state index contributed by atoms with van der Waals surface area (Å²) in [5, 5.41) is 2.63. The molecule has 2 rings (SSSR count). The van der Waals surface area contributed by atoms with Gasteiger partial charge in [0.1, 0.15) is 5.82 Å². The summed E-state index contributed by atoms with van der Waals surface area (Å²) >= 11 is 0. The summed E-state index contributed by atoms with van der Waals surface area (Å²) < 4.78 is 38.5. The van der Waals surface area contributed by atoms with Gasteiger partial charge in [0.15, 0.2) is 0 Å². The summed E-state index contributed by atoms with van der Waals surface area (Å²) in [5.74, 6) is -0.997. The SMILES string of the molecule is CNc1cc(-c2cc(C)ccc2C)nc(C(F)(F)F)n1. The van der Waals surface area contributed by atoms with Crippen LogP contribution in [0.25, 0.3) is 11.3 Å². The predicted octanol–water partition coefficient (Wildman–Crippen LogP) is 3.82. The highest BCUT2D eigenvalue weighted by molar-refractivity contribution is 5.66. The average Bonchev–Trinajstić information content (AvgIpc) is 2.40. The molecule has 0 saturated heterocycles. The van der Waals surface area contributed by atoms with Crippen molar-refractivity contribution in [1.82, 2.24) is 9.97 Å². The molecular weight excluding hydrogens is 267 g/mol. The first-order valence-electron chi connectivity index (χ1n) is 6.03. The van der Waals surface area contributed by atoms with Crippen LogP contribution in [-0.4, -0.2) is 17.0 Å². The highest BCUT2D eigenvalue weighted by Crippen LogP contribution is 2.31. The Morgan fingerprint density at radius 1 is 1.05 bits per heavy atom. The molecule has 1 N–H and O–H groups in total. The summed E-state index contributed by atoms with van der Waals surface area (Å²) in [7, 11) is 1.52. The zero-order valence-electron chi connectivity index (χ0n) is 11.3. The van der Waals surface area contributed by atoms with E-state index in [0.29, 0.717) is 5.56 Å². The van der Waals surface area contributed by atoms with Crippen molar-refractivity contribution in [3.05, 3.63) is 41.2 Å². The maximum Gasteiger partial charge on any atom is 0.451 e. The summed E-state index contributed by atoms with van der Waals surface area (Å²) in [5.41, 5.74) is 2.76. The van der Waals surface area contributed by atoms with E-state index in [4.69, 9.17) is 0 Å². The molecule has 6 heteroatoms. The molecule has 20 heavy (non-hydrogen) atoms. The largest absolute Gasteiger partial charge is 0.451 e. The minimum absolute atomic E-state index is 0.142. The van der Waals surface area contributed by atoms with Gasteiger partial charge in [-0.25, -0.2) is 9.97 Å². The summed E-state index contributed by atoms with van der Waals surface area (Å²) in [6, 6.07) is 7.09. The van der Waals surface area contributed by atoms with Crippen molar-refractivity contribution in [3.63, 3.8) is 0 Å². The number of alkyl halides is 3. The normalized spacial score (nSPS) is 11.5. The van der Waals surface area contributed by atoms with Crippen LogP contribution >= 0.6 is 0 Å². The van der Waals surface area contributed by atoms with Crippen LogP contribution in [-0.2, 0) is 6.18 Å². The lowest BCUT2D eigenvalue weighted by atomic mass is 10.0. The van der Waals surface area contributed by atoms with Crippen molar-refractivity contribution in [2.75, 3.05) is 12.4 Å². The molecule has 1 aromatic heterocycles. The molecule has 2 aromatic rings. The Morgan fingerprint density at radius 3 is 2.35 bits per heavy atom. The van der Waals surface area contributed by atoms with Crippen molar-refractivity contribution in [2.24, 2.45) is 0 Å². The fourth-order valence-corrected chi connectivity index (χ4v) is 1.85. The third kappa shape index (κ3) is 2.89. The predicted molar refractivity (Wildman–Crippen MR) is 71.5 cm³/mol. The molecule has 0 amide bonds. The van der Waals surface area contributed by atoms with Crippen molar-refractivity contribution >= 4 is 5.82 Å². The molecule has 106 valence electrons. The van der Waals surface area contributed by atoms with Gasteiger partial charge in [0, 0.05) is 18.7 Å². The zero-order valence-corrected chi connectivity index (χ0v) is 11.3. The van der Waals surface area contributed by atoms with Crippen LogP contribution < -0.4 is 5.32 Å². The van der Waals surface area contributed by atoms with E-state index in [0.717, 1.165) is 11.1 Å². The monoisotopic (exact) mass is 281 g/mol. The topological polar surface area (TPSA) is 37.8 Å². The quantitative estimate of drug-likeness (QED) is 0.909. The number of aryl methyl sites for hydroxylation is 2. The van der Waals surface area contributed by atoms with Gasteiger partial charge in [-0.2, -0.15) is 13.2 Å². The van der Waals surface area contributed by atoms with Crippen LogP contribution in [0.3, 0.4) is 0 Å². The summed E-state index contributed by atoms with van der Waals surface area (Å²) in [6.45, 7) is 3.72. The van der Waals surface area contributed by atoms with Crippen LogP contribution in [0.15, 0.2) is 24.3 Å². The van der Waals surface area contributed by atoms with E-state index in [9.17, 15) is 13.2 Å². The fourth-order valence-electron chi connectivity index (χ4n) is 1.85. The Balaban J connectivity index is 2.64. The van der Waals surface area contributed by atoms with Gasteiger partial charge in [-0.15, -0.1) is 0 Å². The van der Waals surface area contributed by atoms with E-state index in [2.05, 4.69) is 15.3 Å². The van der Waals surface area contributed by atoms with Crippen molar-refractivity contribution in [3.8, 4) is 11.3 Å². The van der Waals surface area contributed by atoms with Crippen LogP contribution in [0.5, 0.6) is 0 Å². The second-order valence-corrected chi connectivity index (χ2v) is 4.53. The average molecular weight is 281 g/mol. The molecule has 0 saturated carbocycles. The van der Waals surface area contributed by atoms with Crippen LogP contribution in [0.4, 0.5) is 19.0 Å². The van der Waals surface area contributed by atoms with E-state index in [-0.39, 0.29) is 11.5 Å². The van der Waals surface area contributed by atoms with E-state index in [1.54, 1.807) is 0 Å². The lowest BCUT2D eigenvalue weighted by molar-refractivity contribution is -0.144. The third-order valence-electron chi connectivity index (χ3n) is 2.90. The summed E-state index contributed by atoms with van der Waals surface area (Å²) in [6.07, 6.45) is -4.57. The van der Waals surface area contributed by atoms with Gasteiger partial charge in [-0.3, -0.25) is 0 Å². The molecular formula is C14H14F3N3. The molecule has 0 fully saturated rings. The number of hydrogen-bond donors (Lipinski definition) is 1. The number of nitrogens with one attached hydrogen (secondary N) is 1. The molecule has 0 bridgehead atoms. The Labute approximate surface area is 114 Å². The van der Waals surface area contributed by atoms with Crippen molar-refractivity contribution in [2.45, 2.75) is 20.0 Å². The molecule has 0 aliphatic carbocycles. The van der Waals surface area contributed by atoms with Crippen LogP contribution in [0.1, 0.15) is 17.0 Å². The molecule has 0 aliphatic heterocycles. The second-order valence-electron chi connectivity index (χ2n) is 4.53. The highest BCUT2D eigenvalue weighted by atomic mass is 19.4. The lowest BCUT2D eigenvalue weighted by Gasteiger charge is -2.12. The number of halogens is 3. The molecule has 0 aliphatic rings. The standard InChI is InChI=1S/C14H14F3N3/c1-8-4-5-9(2)10(6-8)11-7-12(18-3)20-13(19-11)14(15,16)17/h4-7H,1-3H3,(H,18,19,20). The van der Waals surface area contributed by atoms with Crippen molar-refractivity contribution in [1.29, 1.82) is 0 Å².